The molecule has 0 radical (unpaired) electrons. The van der Waals surface area contributed by atoms with E-state index >= 15 is 0 Å². The molecule has 1 aliphatic heterocycles. The standard InChI is InChI=1S/C21H18ClN5O3S/c1-26-18-10-11-27(31(28,29)16-9-5-8-15(22)12-16)13-17(18)19(24-26)21-23-20(25-30-21)14-6-3-2-4-7-14/h2-9,12H,10-11,13H2,1H3. The molecule has 0 saturated heterocycles. The monoisotopic (exact) mass is 455 g/mol. The van der Waals surface area contributed by atoms with Crippen molar-refractivity contribution in [3.63, 3.8) is 0 Å². The Morgan fingerprint density at radius 2 is 1.90 bits per heavy atom. The van der Waals surface area contributed by atoms with Gasteiger partial charge in [-0.15, -0.1) is 0 Å². The average Bonchev–Trinajstić information content (AvgIpc) is 3.39. The van der Waals surface area contributed by atoms with Crippen molar-refractivity contribution >= 4 is 21.6 Å². The molecule has 0 amide bonds. The largest absolute Gasteiger partial charge is 0.332 e. The summed E-state index contributed by atoms with van der Waals surface area (Å²) in [5.41, 5.74) is 3.04. The minimum atomic E-state index is -3.71. The first-order valence-corrected chi connectivity index (χ1v) is 11.5. The fourth-order valence-electron chi connectivity index (χ4n) is 3.75. The van der Waals surface area contributed by atoms with Crippen LogP contribution < -0.4 is 0 Å². The Morgan fingerprint density at radius 3 is 2.68 bits per heavy atom. The maximum Gasteiger partial charge on any atom is 0.279 e. The molecule has 0 fully saturated rings. The van der Waals surface area contributed by atoms with Crippen molar-refractivity contribution < 1.29 is 12.9 Å². The number of benzene rings is 2. The van der Waals surface area contributed by atoms with E-state index in [-0.39, 0.29) is 17.3 Å². The molecule has 158 valence electrons. The Balaban J connectivity index is 1.51. The molecule has 1 aliphatic rings. The Hall–Kier alpha value is -3.01. The summed E-state index contributed by atoms with van der Waals surface area (Å²) in [5.74, 6) is 0.715. The number of hydrogen-bond acceptors (Lipinski definition) is 6. The average molecular weight is 456 g/mol. The first-order valence-electron chi connectivity index (χ1n) is 9.63. The molecule has 0 unspecified atom stereocenters. The molecule has 0 atom stereocenters. The lowest BCUT2D eigenvalue weighted by atomic mass is 10.1. The second kappa shape index (κ2) is 7.60. The summed E-state index contributed by atoms with van der Waals surface area (Å²) in [7, 11) is -1.88. The van der Waals surface area contributed by atoms with Gasteiger partial charge in [0.05, 0.1) is 4.90 Å². The van der Waals surface area contributed by atoms with Crippen LogP contribution in [0.2, 0.25) is 5.02 Å². The van der Waals surface area contributed by atoms with Crippen LogP contribution in [0.3, 0.4) is 0 Å². The van der Waals surface area contributed by atoms with Gasteiger partial charge >= 0.3 is 0 Å². The van der Waals surface area contributed by atoms with Gasteiger partial charge in [0.1, 0.15) is 0 Å². The van der Waals surface area contributed by atoms with E-state index in [9.17, 15) is 8.42 Å². The van der Waals surface area contributed by atoms with Gasteiger partial charge in [0, 0.05) is 48.4 Å². The molecular weight excluding hydrogens is 438 g/mol. The van der Waals surface area contributed by atoms with Gasteiger partial charge in [-0.1, -0.05) is 53.2 Å². The van der Waals surface area contributed by atoms with Crippen LogP contribution >= 0.6 is 11.6 Å². The summed E-state index contributed by atoms with van der Waals surface area (Å²) in [6.07, 6.45) is 0.526. The van der Waals surface area contributed by atoms with Crippen LogP contribution in [0.4, 0.5) is 0 Å². The maximum absolute atomic E-state index is 13.2. The second-order valence-corrected chi connectivity index (χ2v) is 9.61. The highest BCUT2D eigenvalue weighted by molar-refractivity contribution is 7.89. The highest BCUT2D eigenvalue weighted by Gasteiger charge is 2.33. The second-order valence-electron chi connectivity index (χ2n) is 7.23. The number of nitrogens with zero attached hydrogens (tertiary/aromatic N) is 5. The molecule has 0 bridgehead atoms. The third-order valence-electron chi connectivity index (χ3n) is 5.30. The quantitative estimate of drug-likeness (QED) is 0.467. The normalized spacial score (nSPS) is 14.5. The summed E-state index contributed by atoms with van der Waals surface area (Å²) in [6, 6.07) is 15.8. The number of rotatable bonds is 4. The third-order valence-corrected chi connectivity index (χ3v) is 7.38. The smallest absolute Gasteiger partial charge is 0.279 e. The molecule has 0 spiro atoms. The number of hydrogen-bond donors (Lipinski definition) is 0. The fraction of sp³-hybridized carbons (Fsp3) is 0.190. The Morgan fingerprint density at radius 1 is 1.10 bits per heavy atom. The number of aryl methyl sites for hydroxylation is 1. The Kier molecular flexibility index (Phi) is 4.88. The maximum atomic E-state index is 13.2. The zero-order valence-electron chi connectivity index (χ0n) is 16.6. The van der Waals surface area contributed by atoms with Crippen molar-refractivity contribution in [2.24, 2.45) is 7.05 Å². The van der Waals surface area contributed by atoms with Crippen molar-refractivity contribution in [2.75, 3.05) is 6.54 Å². The summed E-state index contributed by atoms with van der Waals surface area (Å²) in [4.78, 5) is 4.65. The van der Waals surface area contributed by atoms with E-state index in [1.165, 1.54) is 10.4 Å². The zero-order chi connectivity index (χ0) is 21.6. The third kappa shape index (κ3) is 3.54. The molecule has 4 aromatic rings. The van der Waals surface area contributed by atoms with E-state index in [2.05, 4.69) is 15.2 Å². The number of halogens is 1. The van der Waals surface area contributed by atoms with Gasteiger partial charge in [0.15, 0.2) is 5.69 Å². The Labute approximate surface area is 184 Å². The van der Waals surface area contributed by atoms with Gasteiger partial charge in [-0.05, 0) is 18.2 Å². The van der Waals surface area contributed by atoms with Crippen molar-refractivity contribution in [1.82, 2.24) is 24.2 Å². The number of aromatic nitrogens is 4. The predicted octanol–water partition coefficient (Wildman–Crippen LogP) is 3.54. The Bertz CT molecular complexity index is 1360. The molecule has 8 nitrogen and oxygen atoms in total. The van der Waals surface area contributed by atoms with E-state index in [1.54, 1.807) is 22.9 Å². The first-order chi connectivity index (χ1) is 14.9. The first kappa shape index (κ1) is 19.9. The van der Waals surface area contributed by atoms with Gasteiger partial charge in [-0.3, -0.25) is 4.68 Å². The topological polar surface area (TPSA) is 94.1 Å². The molecule has 0 N–H and O–H groups in total. The lowest BCUT2D eigenvalue weighted by molar-refractivity contribution is 0.385. The highest BCUT2D eigenvalue weighted by Crippen LogP contribution is 2.32. The molecule has 2 aromatic heterocycles. The van der Waals surface area contributed by atoms with Crippen LogP contribution in [0.15, 0.2) is 64.0 Å². The summed E-state index contributed by atoms with van der Waals surface area (Å²) in [5, 5.41) is 8.99. The van der Waals surface area contributed by atoms with E-state index in [0.29, 0.717) is 29.5 Å². The SMILES string of the molecule is Cn1nc(-c2nc(-c3ccccc3)no2)c2c1CCN(S(=O)(=O)c1cccc(Cl)c1)C2. The van der Waals surface area contributed by atoms with Gasteiger partial charge in [0.2, 0.25) is 15.8 Å². The summed E-state index contributed by atoms with van der Waals surface area (Å²) < 4.78 is 35.0. The van der Waals surface area contributed by atoms with Crippen molar-refractivity contribution in [1.29, 1.82) is 0 Å². The molecular formula is C21H18ClN5O3S. The van der Waals surface area contributed by atoms with E-state index < -0.39 is 10.0 Å². The van der Waals surface area contributed by atoms with Crippen LogP contribution in [-0.2, 0) is 30.0 Å². The molecule has 3 heterocycles. The van der Waals surface area contributed by atoms with Crippen molar-refractivity contribution in [3.8, 4) is 23.0 Å². The van der Waals surface area contributed by atoms with Crippen LogP contribution in [-0.4, -0.2) is 39.2 Å². The molecule has 2 aromatic carbocycles. The van der Waals surface area contributed by atoms with Gasteiger partial charge in [0.25, 0.3) is 5.89 Å². The molecule has 10 heteroatoms. The van der Waals surface area contributed by atoms with Gasteiger partial charge in [-0.2, -0.15) is 14.4 Å². The van der Waals surface area contributed by atoms with E-state index in [4.69, 9.17) is 16.1 Å². The van der Waals surface area contributed by atoms with Gasteiger partial charge in [-0.25, -0.2) is 8.42 Å². The molecule has 0 aliphatic carbocycles. The predicted molar refractivity (Wildman–Crippen MR) is 115 cm³/mol. The highest BCUT2D eigenvalue weighted by atomic mass is 35.5. The van der Waals surface area contributed by atoms with Gasteiger partial charge < -0.3 is 4.52 Å². The fourth-order valence-corrected chi connectivity index (χ4v) is 5.46. The van der Waals surface area contributed by atoms with Crippen LogP contribution in [0.5, 0.6) is 0 Å². The minimum absolute atomic E-state index is 0.163. The molecule has 0 saturated carbocycles. The van der Waals surface area contributed by atoms with Crippen LogP contribution in [0.1, 0.15) is 11.3 Å². The summed E-state index contributed by atoms with van der Waals surface area (Å²) in [6.45, 7) is 0.510. The lowest BCUT2D eigenvalue weighted by Gasteiger charge is -2.26. The van der Waals surface area contributed by atoms with Crippen LogP contribution in [0.25, 0.3) is 23.0 Å². The van der Waals surface area contributed by atoms with E-state index in [0.717, 1.165) is 16.8 Å². The lowest BCUT2D eigenvalue weighted by Crippen LogP contribution is -2.36. The van der Waals surface area contributed by atoms with E-state index in [1.807, 2.05) is 37.4 Å². The van der Waals surface area contributed by atoms with Crippen LogP contribution in [0, 0.1) is 0 Å². The number of fused-ring (bicyclic) bond motifs is 1. The molecule has 31 heavy (non-hydrogen) atoms. The summed E-state index contributed by atoms with van der Waals surface area (Å²) >= 11 is 6.01. The zero-order valence-corrected chi connectivity index (χ0v) is 18.1. The minimum Gasteiger partial charge on any atom is -0.332 e. The molecule has 5 rings (SSSR count). The number of sulfonamides is 1. The van der Waals surface area contributed by atoms with Crippen molar-refractivity contribution in [3.05, 3.63) is 70.9 Å². The van der Waals surface area contributed by atoms with Crippen molar-refractivity contribution in [2.45, 2.75) is 17.9 Å².